The molecule has 0 aliphatic carbocycles. The lowest BCUT2D eigenvalue weighted by Crippen LogP contribution is -2.53. The van der Waals surface area contributed by atoms with Crippen molar-refractivity contribution in [1.82, 2.24) is 14.7 Å². The summed E-state index contributed by atoms with van der Waals surface area (Å²) in [6, 6.07) is 11.5. The summed E-state index contributed by atoms with van der Waals surface area (Å²) in [5.41, 5.74) is 2.13. The number of benzene rings is 1. The van der Waals surface area contributed by atoms with Gasteiger partial charge in [-0.3, -0.25) is 9.69 Å². The number of piperazine rings is 1. The predicted molar refractivity (Wildman–Crippen MR) is 116 cm³/mol. The average molecular weight is 413 g/mol. The Hall–Kier alpha value is -2.38. The van der Waals surface area contributed by atoms with Crippen LogP contribution in [-0.2, 0) is 11.3 Å². The minimum Gasteiger partial charge on any atom is -0.340 e. The van der Waals surface area contributed by atoms with Gasteiger partial charge >= 0.3 is 6.03 Å². The number of hydrogen-bond donors (Lipinski definition) is 1. The normalized spacial score (nSPS) is 20.5. The van der Waals surface area contributed by atoms with Crippen LogP contribution in [0.15, 0.2) is 47.2 Å². The summed E-state index contributed by atoms with van der Waals surface area (Å²) in [7, 11) is 0. The molecule has 4 rings (SSSR count). The van der Waals surface area contributed by atoms with E-state index in [0.717, 1.165) is 51.3 Å². The molecule has 0 unspecified atom stereocenters. The van der Waals surface area contributed by atoms with Crippen molar-refractivity contribution in [2.24, 2.45) is 5.92 Å². The van der Waals surface area contributed by atoms with E-state index in [1.807, 2.05) is 35.2 Å². The van der Waals surface area contributed by atoms with E-state index in [1.54, 1.807) is 16.2 Å². The Labute approximate surface area is 176 Å². The lowest BCUT2D eigenvalue weighted by atomic mass is 9.96. The van der Waals surface area contributed by atoms with Crippen LogP contribution in [0, 0.1) is 5.92 Å². The van der Waals surface area contributed by atoms with Gasteiger partial charge in [-0.1, -0.05) is 18.2 Å². The summed E-state index contributed by atoms with van der Waals surface area (Å²) in [6.07, 6.45) is 1.74. The van der Waals surface area contributed by atoms with E-state index in [-0.39, 0.29) is 17.9 Å². The van der Waals surface area contributed by atoms with Crippen LogP contribution in [0.25, 0.3) is 0 Å². The van der Waals surface area contributed by atoms with Crippen molar-refractivity contribution in [3.63, 3.8) is 0 Å². The molecule has 154 valence electrons. The number of likely N-dealkylation sites (tertiary alicyclic amines) is 1. The fourth-order valence-electron chi connectivity index (χ4n) is 4.11. The smallest absolute Gasteiger partial charge is 0.321 e. The van der Waals surface area contributed by atoms with Gasteiger partial charge in [-0.2, -0.15) is 11.3 Å². The van der Waals surface area contributed by atoms with Gasteiger partial charge in [0.1, 0.15) is 0 Å². The van der Waals surface area contributed by atoms with E-state index in [4.69, 9.17) is 0 Å². The zero-order chi connectivity index (χ0) is 20.1. The van der Waals surface area contributed by atoms with E-state index in [1.165, 1.54) is 5.56 Å². The molecule has 2 fully saturated rings. The highest BCUT2D eigenvalue weighted by atomic mass is 32.1. The average Bonchev–Trinajstić information content (AvgIpc) is 3.28. The molecule has 2 aliphatic rings. The van der Waals surface area contributed by atoms with Gasteiger partial charge in [-0.15, -0.1) is 0 Å². The van der Waals surface area contributed by atoms with Gasteiger partial charge in [-0.05, 0) is 47.4 Å². The van der Waals surface area contributed by atoms with E-state index < -0.39 is 0 Å². The van der Waals surface area contributed by atoms with Crippen LogP contribution in [0.5, 0.6) is 0 Å². The van der Waals surface area contributed by atoms with Crippen molar-refractivity contribution in [2.75, 3.05) is 44.6 Å². The molecule has 3 heterocycles. The molecule has 2 saturated heterocycles. The molecule has 1 aromatic heterocycles. The Morgan fingerprint density at radius 3 is 2.52 bits per heavy atom. The van der Waals surface area contributed by atoms with Crippen LogP contribution >= 0.6 is 11.3 Å². The summed E-state index contributed by atoms with van der Waals surface area (Å²) in [5, 5.41) is 7.23. The maximum absolute atomic E-state index is 13.1. The number of carbonyl (C=O) groups is 2. The topological polar surface area (TPSA) is 55.9 Å². The molecule has 1 N–H and O–H groups in total. The minimum atomic E-state index is -0.116. The number of urea groups is 1. The summed E-state index contributed by atoms with van der Waals surface area (Å²) >= 11 is 1.73. The highest BCUT2D eigenvalue weighted by Crippen LogP contribution is 2.21. The standard InChI is InChI=1S/C22H28N4O2S/c27-21(25-12-10-24(11-13-25)15-18-8-14-29-17-18)19-5-4-9-26(16-19)22(28)23-20-6-2-1-3-7-20/h1-3,6-8,14,17,19H,4-5,9-13,15-16H2,(H,23,28)/t19-/m1/s1. The summed E-state index contributed by atoms with van der Waals surface area (Å²) < 4.78 is 0. The van der Waals surface area contributed by atoms with Gasteiger partial charge in [0.05, 0.1) is 5.92 Å². The monoisotopic (exact) mass is 412 g/mol. The van der Waals surface area contributed by atoms with E-state index >= 15 is 0 Å². The molecule has 0 radical (unpaired) electrons. The Balaban J connectivity index is 1.27. The Morgan fingerprint density at radius 2 is 1.79 bits per heavy atom. The summed E-state index contributed by atoms with van der Waals surface area (Å²) in [6.45, 7) is 5.54. The van der Waals surface area contributed by atoms with Crippen LogP contribution < -0.4 is 5.32 Å². The molecule has 29 heavy (non-hydrogen) atoms. The molecule has 3 amide bonds. The lowest BCUT2D eigenvalue weighted by molar-refractivity contribution is -0.138. The quantitative estimate of drug-likeness (QED) is 0.838. The first-order chi connectivity index (χ1) is 14.2. The van der Waals surface area contributed by atoms with Gasteiger partial charge in [0.25, 0.3) is 0 Å². The first-order valence-corrected chi connectivity index (χ1v) is 11.3. The van der Waals surface area contributed by atoms with Crippen molar-refractivity contribution < 1.29 is 9.59 Å². The third-order valence-electron chi connectivity index (χ3n) is 5.75. The summed E-state index contributed by atoms with van der Waals surface area (Å²) in [4.78, 5) is 31.8. The van der Waals surface area contributed by atoms with Crippen molar-refractivity contribution >= 4 is 29.0 Å². The highest BCUT2D eigenvalue weighted by Gasteiger charge is 2.32. The third kappa shape index (κ3) is 5.16. The second kappa shape index (κ2) is 9.41. The highest BCUT2D eigenvalue weighted by molar-refractivity contribution is 7.07. The molecule has 7 heteroatoms. The minimum absolute atomic E-state index is 0.0892. The van der Waals surface area contributed by atoms with Gasteiger partial charge < -0.3 is 15.1 Å². The number of piperidine rings is 1. The van der Waals surface area contributed by atoms with Crippen LogP contribution in [0.2, 0.25) is 0 Å². The van der Waals surface area contributed by atoms with E-state index in [9.17, 15) is 9.59 Å². The molecule has 0 bridgehead atoms. The Morgan fingerprint density at radius 1 is 1.00 bits per heavy atom. The van der Waals surface area contributed by atoms with Crippen molar-refractivity contribution in [3.8, 4) is 0 Å². The SMILES string of the molecule is O=C(Nc1ccccc1)N1CCC[C@@H](C(=O)N2CCN(Cc3ccsc3)CC2)C1. The number of rotatable bonds is 4. The summed E-state index contributed by atoms with van der Waals surface area (Å²) in [5.74, 6) is 0.117. The van der Waals surface area contributed by atoms with Crippen molar-refractivity contribution in [3.05, 3.63) is 52.7 Å². The van der Waals surface area contributed by atoms with Gasteiger partial charge in [-0.25, -0.2) is 4.79 Å². The number of hydrogen-bond acceptors (Lipinski definition) is 4. The predicted octanol–water partition coefficient (Wildman–Crippen LogP) is 3.34. The number of nitrogens with one attached hydrogen (secondary N) is 1. The van der Waals surface area contributed by atoms with Crippen LogP contribution in [0.4, 0.5) is 10.5 Å². The van der Waals surface area contributed by atoms with Crippen LogP contribution in [0.1, 0.15) is 18.4 Å². The van der Waals surface area contributed by atoms with Crippen LogP contribution in [-0.4, -0.2) is 65.9 Å². The maximum atomic E-state index is 13.1. The third-order valence-corrected chi connectivity index (χ3v) is 6.49. The molecule has 6 nitrogen and oxygen atoms in total. The number of amides is 3. The zero-order valence-electron chi connectivity index (χ0n) is 16.6. The fourth-order valence-corrected chi connectivity index (χ4v) is 4.77. The van der Waals surface area contributed by atoms with Crippen molar-refractivity contribution in [1.29, 1.82) is 0 Å². The molecule has 1 atom stereocenters. The molecule has 0 saturated carbocycles. The fraction of sp³-hybridized carbons (Fsp3) is 0.455. The molecular weight excluding hydrogens is 384 g/mol. The second-order valence-corrected chi connectivity index (χ2v) is 8.59. The van der Waals surface area contributed by atoms with E-state index in [2.05, 4.69) is 27.0 Å². The largest absolute Gasteiger partial charge is 0.340 e. The van der Waals surface area contributed by atoms with Gasteiger partial charge in [0.2, 0.25) is 5.91 Å². The number of thiophene rings is 1. The molecule has 2 aromatic rings. The Bertz CT molecular complexity index is 803. The number of anilines is 1. The van der Waals surface area contributed by atoms with E-state index in [0.29, 0.717) is 13.1 Å². The molecule has 0 spiro atoms. The van der Waals surface area contributed by atoms with Gasteiger partial charge in [0, 0.05) is 51.5 Å². The first-order valence-electron chi connectivity index (χ1n) is 10.3. The van der Waals surface area contributed by atoms with Gasteiger partial charge in [0.15, 0.2) is 0 Å². The molecular formula is C22H28N4O2S. The lowest BCUT2D eigenvalue weighted by Gasteiger charge is -2.39. The maximum Gasteiger partial charge on any atom is 0.321 e. The molecule has 2 aliphatic heterocycles. The zero-order valence-corrected chi connectivity index (χ0v) is 17.4. The second-order valence-electron chi connectivity index (χ2n) is 7.81. The number of carbonyl (C=O) groups excluding carboxylic acids is 2. The Kier molecular flexibility index (Phi) is 6.46. The number of para-hydroxylation sites is 1. The molecule has 1 aromatic carbocycles. The number of nitrogens with zero attached hydrogens (tertiary/aromatic N) is 3. The first kappa shape index (κ1) is 19.9. The van der Waals surface area contributed by atoms with Crippen molar-refractivity contribution in [2.45, 2.75) is 19.4 Å². The van der Waals surface area contributed by atoms with Crippen LogP contribution in [0.3, 0.4) is 0 Å².